The second kappa shape index (κ2) is 5.18. The normalized spacial score (nSPS) is 17.2. The molecule has 1 atom stereocenters. The molecule has 0 aromatic carbocycles. The highest BCUT2D eigenvalue weighted by molar-refractivity contribution is 5.93. The molecule has 1 aliphatic heterocycles. The lowest BCUT2D eigenvalue weighted by Crippen LogP contribution is -2.35. The van der Waals surface area contributed by atoms with Crippen LogP contribution >= 0.6 is 0 Å². The number of hydrogen-bond acceptors (Lipinski definition) is 3. The van der Waals surface area contributed by atoms with Crippen LogP contribution in [0, 0.1) is 0 Å². The van der Waals surface area contributed by atoms with Crippen molar-refractivity contribution in [2.75, 3.05) is 13.2 Å². The van der Waals surface area contributed by atoms with Gasteiger partial charge in [0.15, 0.2) is 0 Å². The quantitative estimate of drug-likeness (QED) is 0.856. The molecule has 1 aliphatic rings. The molecule has 1 aromatic heterocycles. The maximum atomic E-state index is 13.1. The molecule has 1 unspecified atom stereocenters. The molecule has 0 N–H and O–H groups in total. The molecule has 0 spiro atoms. The molecule has 1 aromatic rings. The fraction of sp³-hybridized carbons (Fsp3) is 0.500. The number of imide groups is 1. The molecule has 5 nitrogen and oxygen atoms in total. The number of ether oxygens (including phenoxy) is 1. The zero-order chi connectivity index (χ0) is 14.9. The average molecular weight is 290 g/mol. The van der Waals surface area contributed by atoms with Crippen molar-refractivity contribution in [3.05, 3.63) is 24.0 Å². The van der Waals surface area contributed by atoms with E-state index in [1.165, 1.54) is 29.9 Å². The van der Waals surface area contributed by atoms with E-state index in [4.69, 9.17) is 0 Å². The van der Waals surface area contributed by atoms with Gasteiger partial charge in [0.1, 0.15) is 12.5 Å². The number of carbonyl (C=O) groups is 2. The maximum absolute atomic E-state index is 13.1. The Balaban J connectivity index is 2.19. The minimum absolute atomic E-state index is 0.00458. The van der Waals surface area contributed by atoms with Crippen molar-refractivity contribution in [1.82, 2.24) is 9.47 Å². The summed E-state index contributed by atoms with van der Waals surface area (Å²) < 4.78 is 45.2. The molecule has 1 saturated heterocycles. The van der Waals surface area contributed by atoms with Gasteiger partial charge in [-0.3, -0.25) is 4.79 Å². The minimum Gasteiger partial charge on any atom is -0.447 e. The van der Waals surface area contributed by atoms with Crippen molar-refractivity contribution in [3.8, 4) is 0 Å². The summed E-state index contributed by atoms with van der Waals surface area (Å²) >= 11 is 0. The minimum atomic E-state index is -4.56. The molecule has 0 aliphatic carbocycles. The Labute approximate surface area is 112 Å². The van der Waals surface area contributed by atoms with Gasteiger partial charge in [-0.05, 0) is 12.1 Å². The van der Waals surface area contributed by atoms with Crippen LogP contribution in [0.3, 0.4) is 0 Å². The van der Waals surface area contributed by atoms with E-state index in [9.17, 15) is 22.8 Å². The zero-order valence-corrected chi connectivity index (χ0v) is 10.7. The van der Waals surface area contributed by atoms with E-state index in [0.29, 0.717) is 4.90 Å². The summed E-state index contributed by atoms with van der Waals surface area (Å²) in [4.78, 5) is 23.7. The number of alkyl halides is 3. The van der Waals surface area contributed by atoms with Crippen LogP contribution in [-0.2, 0) is 16.6 Å². The van der Waals surface area contributed by atoms with Crippen LogP contribution in [0.25, 0.3) is 0 Å². The van der Waals surface area contributed by atoms with Gasteiger partial charge in [0.25, 0.3) is 0 Å². The van der Waals surface area contributed by atoms with Crippen molar-refractivity contribution in [1.29, 1.82) is 0 Å². The zero-order valence-electron chi connectivity index (χ0n) is 10.7. The molecule has 0 bridgehead atoms. The number of halogens is 3. The largest absolute Gasteiger partial charge is 0.447 e. The molecule has 20 heavy (non-hydrogen) atoms. The first-order valence-electron chi connectivity index (χ1n) is 5.95. The fourth-order valence-corrected chi connectivity index (χ4v) is 2.13. The van der Waals surface area contributed by atoms with Gasteiger partial charge in [0.2, 0.25) is 5.91 Å². The lowest BCUT2D eigenvalue weighted by Gasteiger charge is -2.22. The highest BCUT2D eigenvalue weighted by Gasteiger charge is 2.44. The first-order chi connectivity index (χ1) is 9.30. The highest BCUT2D eigenvalue weighted by atomic mass is 19.4. The summed E-state index contributed by atoms with van der Waals surface area (Å²) in [6.45, 7) is 0.0147. The van der Waals surface area contributed by atoms with Gasteiger partial charge in [0.05, 0.1) is 6.54 Å². The van der Waals surface area contributed by atoms with Crippen molar-refractivity contribution < 1.29 is 27.5 Å². The van der Waals surface area contributed by atoms with Crippen molar-refractivity contribution in [3.63, 3.8) is 0 Å². The standard InChI is InChI=1S/C12H13F3N2O3/c1-16-4-2-3-9(16)8(12(13,14)15)7-10(18)17-5-6-20-11(17)19/h2-4,8H,5-7H2,1H3. The number of rotatable bonds is 3. The van der Waals surface area contributed by atoms with E-state index < -0.39 is 30.5 Å². The first kappa shape index (κ1) is 14.4. The summed E-state index contributed by atoms with van der Waals surface area (Å²) in [6.07, 6.45) is -4.78. The van der Waals surface area contributed by atoms with Gasteiger partial charge in [-0.15, -0.1) is 0 Å². The number of cyclic esters (lactones) is 1. The summed E-state index contributed by atoms with van der Waals surface area (Å²) in [7, 11) is 1.47. The Hall–Kier alpha value is -1.99. The topological polar surface area (TPSA) is 51.5 Å². The number of aromatic nitrogens is 1. The Morgan fingerprint density at radius 3 is 2.65 bits per heavy atom. The third kappa shape index (κ3) is 2.78. The van der Waals surface area contributed by atoms with Crippen LogP contribution < -0.4 is 0 Å². The Kier molecular flexibility index (Phi) is 3.74. The summed E-state index contributed by atoms with van der Waals surface area (Å²) in [5.74, 6) is -2.82. The van der Waals surface area contributed by atoms with Crippen LogP contribution in [0.15, 0.2) is 18.3 Å². The van der Waals surface area contributed by atoms with Gasteiger partial charge in [-0.25, -0.2) is 9.69 Å². The van der Waals surface area contributed by atoms with Crippen LogP contribution in [0.1, 0.15) is 18.0 Å². The summed E-state index contributed by atoms with van der Waals surface area (Å²) in [5.41, 5.74) is -0.0154. The molecule has 110 valence electrons. The van der Waals surface area contributed by atoms with Gasteiger partial charge in [-0.1, -0.05) is 0 Å². The molecule has 2 rings (SSSR count). The molecular weight excluding hydrogens is 277 g/mol. The number of aryl methyl sites for hydroxylation is 1. The lowest BCUT2D eigenvalue weighted by molar-refractivity contribution is -0.160. The van der Waals surface area contributed by atoms with E-state index in [1.54, 1.807) is 0 Å². The molecule has 8 heteroatoms. The number of carbonyl (C=O) groups excluding carboxylic acids is 2. The fourth-order valence-electron chi connectivity index (χ4n) is 2.13. The van der Waals surface area contributed by atoms with E-state index in [-0.39, 0.29) is 18.8 Å². The number of nitrogens with zero attached hydrogens (tertiary/aromatic N) is 2. The van der Waals surface area contributed by atoms with Crippen molar-refractivity contribution in [2.24, 2.45) is 7.05 Å². The molecule has 1 fully saturated rings. The maximum Gasteiger partial charge on any atom is 0.416 e. The molecule has 2 amide bonds. The molecular formula is C12H13F3N2O3. The average Bonchev–Trinajstić information content (AvgIpc) is 2.93. The van der Waals surface area contributed by atoms with Gasteiger partial charge in [-0.2, -0.15) is 13.2 Å². The van der Waals surface area contributed by atoms with Crippen molar-refractivity contribution >= 4 is 12.0 Å². The third-order valence-electron chi connectivity index (χ3n) is 3.18. The van der Waals surface area contributed by atoms with E-state index >= 15 is 0 Å². The lowest BCUT2D eigenvalue weighted by atomic mass is 10.00. The van der Waals surface area contributed by atoms with Crippen LogP contribution in [-0.4, -0.2) is 40.8 Å². The van der Waals surface area contributed by atoms with E-state index in [1.807, 2.05) is 0 Å². The van der Waals surface area contributed by atoms with Gasteiger partial charge < -0.3 is 9.30 Å². The van der Waals surface area contributed by atoms with Crippen LogP contribution in [0.2, 0.25) is 0 Å². The highest BCUT2D eigenvalue weighted by Crippen LogP contribution is 2.38. The Bertz CT molecular complexity index is 524. The molecule has 0 radical (unpaired) electrons. The second-order valence-electron chi connectivity index (χ2n) is 4.50. The van der Waals surface area contributed by atoms with Gasteiger partial charge in [0, 0.05) is 25.4 Å². The van der Waals surface area contributed by atoms with Crippen molar-refractivity contribution in [2.45, 2.75) is 18.5 Å². The van der Waals surface area contributed by atoms with Gasteiger partial charge >= 0.3 is 12.3 Å². The SMILES string of the molecule is Cn1cccc1C(CC(=O)N1CCOC1=O)C(F)(F)F. The molecule has 2 heterocycles. The summed E-state index contributed by atoms with van der Waals surface area (Å²) in [5, 5.41) is 0. The second-order valence-corrected chi connectivity index (χ2v) is 4.50. The van der Waals surface area contributed by atoms with Crippen LogP contribution in [0.4, 0.5) is 18.0 Å². The third-order valence-corrected chi connectivity index (χ3v) is 3.18. The van der Waals surface area contributed by atoms with E-state index in [0.717, 1.165) is 0 Å². The summed E-state index contributed by atoms with van der Waals surface area (Å²) in [6, 6.07) is 2.79. The monoisotopic (exact) mass is 290 g/mol. The Morgan fingerprint density at radius 1 is 1.50 bits per heavy atom. The Morgan fingerprint density at radius 2 is 2.20 bits per heavy atom. The number of amides is 2. The predicted octanol–water partition coefficient (Wildman–Crippen LogP) is 2.04. The molecule has 0 saturated carbocycles. The number of hydrogen-bond donors (Lipinski definition) is 0. The smallest absolute Gasteiger partial charge is 0.416 e. The van der Waals surface area contributed by atoms with Crippen LogP contribution in [0.5, 0.6) is 0 Å². The predicted molar refractivity (Wildman–Crippen MR) is 61.9 cm³/mol. The first-order valence-corrected chi connectivity index (χ1v) is 5.95. The van der Waals surface area contributed by atoms with E-state index in [2.05, 4.69) is 4.74 Å².